The number of benzene rings is 2. The van der Waals surface area contributed by atoms with Crippen LogP contribution >= 0.6 is 0 Å². The number of rotatable bonds is 6. The quantitative estimate of drug-likeness (QED) is 0.456. The van der Waals surface area contributed by atoms with Crippen molar-refractivity contribution in [3.8, 4) is 17.2 Å². The van der Waals surface area contributed by atoms with Gasteiger partial charge in [0.2, 0.25) is 5.91 Å². The molecule has 1 aliphatic rings. The van der Waals surface area contributed by atoms with Gasteiger partial charge in [0.05, 0.1) is 19.9 Å². The van der Waals surface area contributed by atoms with Gasteiger partial charge in [-0.05, 0) is 48.9 Å². The van der Waals surface area contributed by atoms with Crippen molar-refractivity contribution >= 4 is 17.5 Å². The summed E-state index contributed by atoms with van der Waals surface area (Å²) < 4.78 is 25.6. The summed E-state index contributed by atoms with van der Waals surface area (Å²) in [4.78, 5) is 28.9. The molecule has 0 unspecified atom stereocenters. The van der Waals surface area contributed by atoms with E-state index in [1.54, 1.807) is 61.5 Å². The van der Waals surface area contributed by atoms with Crippen LogP contribution in [0.1, 0.15) is 23.0 Å². The Labute approximate surface area is 200 Å². The first-order valence-electron chi connectivity index (χ1n) is 11.0. The molecule has 0 spiro atoms. The average Bonchev–Trinajstić information content (AvgIpc) is 3.54. The molecule has 5 rings (SSSR count). The van der Waals surface area contributed by atoms with Crippen molar-refractivity contribution in [1.82, 2.24) is 15.1 Å². The SMILES string of the molecule is COc1cccc(N2C(=O)c3cc(-c4ccco4)nn3C[C@@]2(C)C(=O)NCc2ccc(F)cc2)c1. The van der Waals surface area contributed by atoms with Crippen LogP contribution in [0.3, 0.4) is 0 Å². The second kappa shape index (κ2) is 8.75. The van der Waals surface area contributed by atoms with Gasteiger partial charge in [-0.25, -0.2) is 4.39 Å². The predicted molar refractivity (Wildman–Crippen MR) is 126 cm³/mol. The van der Waals surface area contributed by atoms with Gasteiger partial charge in [0.1, 0.15) is 28.5 Å². The Morgan fingerprint density at radius 1 is 1.17 bits per heavy atom. The van der Waals surface area contributed by atoms with E-state index in [1.165, 1.54) is 35.1 Å². The van der Waals surface area contributed by atoms with Crippen LogP contribution in [0.2, 0.25) is 0 Å². The molecule has 0 radical (unpaired) electrons. The minimum Gasteiger partial charge on any atom is -0.497 e. The largest absolute Gasteiger partial charge is 0.497 e. The highest BCUT2D eigenvalue weighted by molar-refractivity contribution is 6.12. The molecule has 1 N–H and O–H groups in total. The number of nitrogens with one attached hydrogen (secondary N) is 1. The van der Waals surface area contributed by atoms with Gasteiger partial charge in [0, 0.05) is 24.4 Å². The average molecular weight is 474 g/mol. The van der Waals surface area contributed by atoms with Gasteiger partial charge >= 0.3 is 0 Å². The molecule has 0 fully saturated rings. The fourth-order valence-electron chi connectivity index (χ4n) is 4.26. The molecule has 3 heterocycles. The zero-order valence-corrected chi connectivity index (χ0v) is 19.2. The molecule has 35 heavy (non-hydrogen) atoms. The van der Waals surface area contributed by atoms with E-state index < -0.39 is 5.54 Å². The van der Waals surface area contributed by atoms with Crippen LogP contribution in [0.15, 0.2) is 77.4 Å². The van der Waals surface area contributed by atoms with Crippen molar-refractivity contribution in [2.45, 2.75) is 25.6 Å². The third-order valence-electron chi connectivity index (χ3n) is 6.09. The lowest BCUT2D eigenvalue weighted by molar-refractivity contribution is -0.126. The van der Waals surface area contributed by atoms with Crippen molar-refractivity contribution in [3.05, 3.63) is 90.1 Å². The summed E-state index contributed by atoms with van der Waals surface area (Å²) in [7, 11) is 1.54. The van der Waals surface area contributed by atoms with Crippen molar-refractivity contribution in [2.24, 2.45) is 0 Å². The minimum atomic E-state index is -1.32. The van der Waals surface area contributed by atoms with Crippen molar-refractivity contribution in [1.29, 1.82) is 0 Å². The molecule has 0 saturated heterocycles. The number of carbonyl (C=O) groups excluding carboxylic acids is 2. The normalized spacial score (nSPS) is 17.2. The number of nitrogens with zero attached hydrogens (tertiary/aromatic N) is 3. The van der Waals surface area contributed by atoms with Crippen molar-refractivity contribution in [3.63, 3.8) is 0 Å². The Kier molecular flexibility index (Phi) is 5.60. The molecule has 9 heteroatoms. The fourth-order valence-corrected chi connectivity index (χ4v) is 4.26. The summed E-state index contributed by atoms with van der Waals surface area (Å²) in [5, 5.41) is 7.44. The standard InChI is InChI=1S/C26H23FN4O4/c1-26(25(33)28-15-17-8-10-18(27)11-9-17)16-30-22(14-21(29-30)23-7-4-12-35-23)24(32)31(26)19-5-3-6-20(13-19)34-2/h3-14H,15-16H2,1-2H3,(H,28,33)/t26-/m0/s1. The lowest BCUT2D eigenvalue weighted by Crippen LogP contribution is -2.64. The second-order valence-electron chi connectivity index (χ2n) is 8.47. The van der Waals surface area contributed by atoms with Crippen LogP contribution in [-0.2, 0) is 17.9 Å². The van der Waals surface area contributed by atoms with Gasteiger partial charge in [-0.2, -0.15) is 5.10 Å². The van der Waals surface area contributed by atoms with E-state index in [0.717, 1.165) is 5.56 Å². The number of hydrogen-bond donors (Lipinski definition) is 1. The first-order chi connectivity index (χ1) is 16.9. The van der Waals surface area contributed by atoms with Gasteiger partial charge in [0.25, 0.3) is 5.91 Å². The van der Waals surface area contributed by atoms with E-state index in [2.05, 4.69) is 10.4 Å². The van der Waals surface area contributed by atoms with Crippen LogP contribution < -0.4 is 15.0 Å². The Bertz CT molecular complexity index is 1380. The number of hydrogen-bond acceptors (Lipinski definition) is 5. The summed E-state index contributed by atoms with van der Waals surface area (Å²) in [5.74, 6) is -0.0320. The fraction of sp³-hybridized carbons (Fsp3) is 0.192. The van der Waals surface area contributed by atoms with E-state index in [-0.39, 0.29) is 30.7 Å². The lowest BCUT2D eigenvalue weighted by Gasteiger charge is -2.43. The number of anilines is 1. The van der Waals surface area contributed by atoms with E-state index in [0.29, 0.717) is 28.6 Å². The molecule has 0 bridgehead atoms. The Balaban J connectivity index is 1.53. The van der Waals surface area contributed by atoms with Crippen LogP contribution in [0.4, 0.5) is 10.1 Å². The summed E-state index contributed by atoms with van der Waals surface area (Å²) >= 11 is 0. The maximum absolute atomic E-state index is 13.8. The molecule has 2 aromatic carbocycles. The van der Waals surface area contributed by atoms with Gasteiger partial charge in [-0.3, -0.25) is 19.2 Å². The van der Waals surface area contributed by atoms with Crippen molar-refractivity contribution in [2.75, 3.05) is 12.0 Å². The van der Waals surface area contributed by atoms with Crippen LogP contribution in [0.5, 0.6) is 5.75 Å². The highest BCUT2D eigenvalue weighted by Crippen LogP contribution is 2.35. The van der Waals surface area contributed by atoms with Crippen LogP contribution in [-0.4, -0.2) is 34.2 Å². The third-order valence-corrected chi connectivity index (χ3v) is 6.09. The number of fused-ring (bicyclic) bond motifs is 1. The summed E-state index contributed by atoms with van der Waals surface area (Å²) in [6, 6.07) is 18.0. The smallest absolute Gasteiger partial charge is 0.277 e. The molecule has 2 amide bonds. The zero-order chi connectivity index (χ0) is 24.6. The van der Waals surface area contributed by atoms with E-state index in [9.17, 15) is 14.0 Å². The van der Waals surface area contributed by atoms with Crippen LogP contribution in [0.25, 0.3) is 11.5 Å². The number of carbonyl (C=O) groups is 2. The minimum absolute atomic E-state index is 0.112. The highest BCUT2D eigenvalue weighted by atomic mass is 19.1. The second-order valence-corrected chi connectivity index (χ2v) is 8.47. The summed E-state index contributed by atoms with van der Waals surface area (Å²) in [6.45, 7) is 1.99. The Morgan fingerprint density at radius 3 is 2.69 bits per heavy atom. The van der Waals surface area contributed by atoms with E-state index in [1.807, 2.05) is 0 Å². The number of amides is 2. The van der Waals surface area contributed by atoms with Crippen molar-refractivity contribution < 1.29 is 23.1 Å². The molecular weight excluding hydrogens is 451 g/mol. The third kappa shape index (κ3) is 4.05. The Morgan fingerprint density at radius 2 is 1.97 bits per heavy atom. The maximum Gasteiger partial charge on any atom is 0.277 e. The maximum atomic E-state index is 13.8. The van der Waals surface area contributed by atoms with Gasteiger partial charge in [0.15, 0.2) is 5.76 Å². The first kappa shape index (κ1) is 22.4. The highest BCUT2D eigenvalue weighted by Gasteiger charge is 2.49. The molecule has 1 atom stereocenters. The number of aromatic nitrogens is 2. The molecule has 1 aliphatic heterocycles. The summed E-state index contributed by atoms with van der Waals surface area (Å²) in [5.41, 5.74) is 0.769. The molecule has 0 aliphatic carbocycles. The van der Waals surface area contributed by atoms with Gasteiger partial charge in [-0.15, -0.1) is 0 Å². The first-order valence-corrected chi connectivity index (χ1v) is 11.0. The number of furan rings is 1. The predicted octanol–water partition coefficient (Wildman–Crippen LogP) is 4.03. The van der Waals surface area contributed by atoms with Gasteiger partial charge < -0.3 is 14.5 Å². The number of methoxy groups -OCH3 is 1. The summed E-state index contributed by atoms with van der Waals surface area (Å²) in [6.07, 6.45) is 1.53. The monoisotopic (exact) mass is 474 g/mol. The molecule has 178 valence electrons. The van der Waals surface area contributed by atoms with Crippen LogP contribution in [0, 0.1) is 5.82 Å². The van der Waals surface area contributed by atoms with Gasteiger partial charge in [-0.1, -0.05) is 18.2 Å². The number of halogens is 1. The molecule has 8 nitrogen and oxygen atoms in total. The topological polar surface area (TPSA) is 89.6 Å². The molecule has 2 aromatic heterocycles. The lowest BCUT2D eigenvalue weighted by atomic mass is 9.93. The Hall–Kier alpha value is -4.40. The zero-order valence-electron chi connectivity index (χ0n) is 19.2. The van der Waals surface area contributed by atoms with E-state index in [4.69, 9.17) is 9.15 Å². The molecule has 4 aromatic rings. The molecular formula is C26H23FN4O4. The van der Waals surface area contributed by atoms with E-state index >= 15 is 0 Å². The number of ether oxygens (including phenoxy) is 1. The molecule has 0 saturated carbocycles.